The zero-order valence-corrected chi connectivity index (χ0v) is 13.0. The van der Waals surface area contributed by atoms with Crippen LogP contribution in [0.25, 0.3) is 0 Å². The molecule has 0 bridgehead atoms. The molecule has 0 atom stereocenters. The molecule has 112 valence electrons. The van der Waals surface area contributed by atoms with Crippen LogP contribution >= 0.6 is 27.3 Å². The Morgan fingerprint density at radius 2 is 2.10 bits per heavy atom. The number of alkyl halides is 3. The number of carbonyl (C=O) groups is 1. The van der Waals surface area contributed by atoms with E-state index < -0.39 is 17.6 Å². The van der Waals surface area contributed by atoms with E-state index in [2.05, 4.69) is 26.2 Å². The number of nitrogens with one attached hydrogen (secondary N) is 1. The highest BCUT2D eigenvalue weighted by Gasteiger charge is 2.33. The normalized spacial score (nSPS) is 11.5. The topological polar surface area (TPSA) is 68.0 Å². The molecule has 1 aromatic carbocycles. The molecule has 21 heavy (non-hydrogen) atoms. The molecule has 0 spiro atoms. The van der Waals surface area contributed by atoms with Gasteiger partial charge in [-0.05, 0) is 25.1 Å². The van der Waals surface area contributed by atoms with Crippen molar-refractivity contribution in [2.75, 3.05) is 11.1 Å². The Balaban J connectivity index is 2.28. The fourth-order valence-corrected chi connectivity index (χ4v) is 2.84. The van der Waals surface area contributed by atoms with Crippen LogP contribution in [0.5, 0.6) is 0 Å². The van der Waals surface area contributed by atoms with Gasteiger partial charge < -0.3 is 11.1 Å². The van der Waals surface area contributed by atoms with Gasteiger partial charge in [0.2, 0.25) is 0 Å². The summed E-state index contributed by atoms with van der Waals surface area (Å²) < 4.78 is 38.3. The Bertz CT molecular complexity index is 700. The van der Waals surface area contributed by atoms with Crippen molar-refractivity contribution >= 4 is 44.0 Å². The maximum Gasteiger partial charge on any atom is 0.417 e. The van der Waals surface area contributed by atoms with E-state index in [0.29, 0.717) is 5.69 Å². The Hall–Kier alpha value is -1.61. The fraction of sp³-hybridized carbons (Fsp3) is 0.167. The zero-order valence-electron chi connectivity index (χ0n) is 10.6. The summed E-state index contributed by atoms with van der Waals surface area (Å²) in [6, 6.07) is 3.46. The van der Waals surface area contributed by atoms with Crippen LogP contribution in [0.15, 0.2) is 22.7 Å². The van der Waals surface area contributed by atoms with Gasteiger partial charge in [-0.15, -0.1) is 0 Å². The number of halogens is 4. The predicted molar refractivity (Wildman–Crippen MR) is 78.4 cm³/mol. The second kappa shape index (κ2) is 5.64. The molecule has 2 aromatic rings. The molecule has 0 aliphatic carbocycles. The largest absolute Gasteiger partial charge is 0.417 e. The van der Waals surface area contributed by atoms with Crippen LogP contribution < -0.4 is 11.1 Å². The Morgan fingerprint density at radius 1 is 1.43 bits per heavy atom. The first-order valence-electron chi connectivity index (χ1n) is 5.59. The first-order chi connectivity index (χ1) is 9.68. The van der Waals surface area contributed by atoms with Gasteiger partial charge in [-0.3, -0.25) is 4.79 Å². The summed E-state index contributed by atoms with van der Waals surface area (Å²) in [5, 5.41) is 2.63. The second-order valence-corrected chi connectivity index (χ2v) is 6.00. The molecule has 0 aliphatic rings. The van der Waals surface area contributed by atoms with Gasteiger partial charge in [0.25, 0.3) is 5.91 Å². The molecular weight excluding hydrogens is 371 g/mol. The molecule has 9 heteroatoms. The minimum atomic E-state index is -4.51. The van der Waals surface area contributed by atoms with E-state index in [-0.39, 0.29) is 20.2 Å². The third-order valence-corrected chi connectivity index (χ3v) is 4.23. The molecule has 0 radical (unpaired) electrons. The van der Waals surface area contributed by atoms with Crippen molar-refractivity contribution in [1.82, 2.24) is 4.98 Å². The number of aromatic nitrogens is 1. The minimum Gasteiger partial charge on any atom is -0.375 e. The number of aryl methyl sites for hydroxylation is 1. The van der Waals surface area contributed by atoms with Gasteiger partial charge in [-0.1, -0.05) is 27.3 Å². The lowest BCUT2D eigenvalue weighted by molar-refractivity contribution is -0.138. The maximum absolute atomic E-state index is 12.8. The van der Waals surface area contributed by atoms with Crippen molar-refractivity contribution in [1.29, 1.82) is 0 Å². The van der Waals surface area contributed by atoms with E-state index in [1.807, 2.05) is 0 Å². The molecule has 0 fully saturated rings. The second-order valence-electron chi connectivity index (χ2n) is 4.11. The number of nitrogens with zero attached hydrogens (tertiary/aromatic N) is 1. The number of nitrogens with two attached hydrogens (primary N) is 1. The molecule has 0 aliphatic heterocycles. The average molecular weight is 380 g/mol. The van der Waals surface area contributed by atoms with E-state index in [0.717, 1.165) is 17.4 Å². The summed E-state index contributed by atoms with van der Waals surface area (Å²) in [5.74, 6) is -0.544. The quantitative estimate of drug-likeness (QED) is 0.826. The summed E-state index contributed by atoms with van der Waals surface area (Å²) in [6.45, 7) is 1.60. The maximum atomic E-state index is 12.8. The molecule has 1 aromatic heterocycles. The number of amides is 1. The fourth-order valence-electron chi connectivity index (χ4n) is 1.64. The Labute approximate surface area is 130 Å². The van der Waals surface area contributed by atoms with E-state index in [1.54, 1.807) is 6.92 Å². The molecular formula is C12H9BrF3N3OS. The van der Waals surface area contributed by atoms with Gasteiger partial charge in [0.1, 0.15) is 4.88 Å². The third kappa shape index (κ3) is 3.53. The summed E-state index contributed by atoms with van der Waals surface area (Å²) in [5.41, 5.74) is 5.10. The van der Waals surface area contributed by atoms with E-state index >= 15 is 0 Å². The zero-order chi connectivity index (χ0) is 15.8. The van der Waals surface area contributed by atoms with Gasteiger partial charge in [0, 0.05) is 10.2 Å². The van der Waals surface area contributed by atoms with Crippen LogP contribution in [-0.4, -0.2) is 10.9 Å². The van der Waals surface area contributed by atoms with E-state index in [9.17, 15) is 18.0 Å². The van der Waals surface area contributed by atoms with Gasteiger partial charge in [0.15, 0.2) is 5.13 Å². The number of carbonyl (C=O) groups excluding carboxylic acids is 1. The highest BCUT2D eigenvalue weighted by atomic mass is 79.9. The summed E-state index contributed by atoms with van der Waals surface area (Å²) >= 11 is 3.81. The summed E-state index contributed by atoms with van der Waals surface area (Å²) in [4.78, 5) is 16.2. The van der Waals surface area contributed by atoms with Crippen LogP contribution in [0.4, 0.5) is 24.0 Å². The molecule has 1 amide bonds. The van der Waals surface area contributed by atoms with Crippen LogP contribution in [0.3, 0.4) is 0 Å². The molecule has 2 rings (SSSR count). The first kappa shape index (κ1) is 15.8. The molecule has 0 saturated carbocycles. The van der Waals surface area contributed by atoms with Crippen LogP contribution in [0.1, 0.15) is 20.9 Å². The lowest BCUT2D eigenvalue weighted by atomic mass is 10.2. The van der Waals surface area contributed by atoms with Crippen molar-refractivity contribution < 1.29 is 18.0 Å². The smallest absolute Gasteiger partial charge is 0.375 e. The van der Waals surface area contributed by atoms with Gasteiger partial charge in [-0.25, -0.2) is 4.98 Å². The standard InChI is InChI=1S/C12H9BrF3N3OS/c1-5-9(21-11(17)18-5)10(20)19-6-2-3-8(13)7(4-6)12(14,15)16/h2-4H,1H3,(H2,17,18)(H,19,20). The van der Waals surface area contributed by atoms with Crippen LogP contribution in [-0.2, 0) is 6.18 Å². The minimum absolute atomic E-state index is 0.0434. The monoisotopic (exact) mass is 379 g/mol. The van der Waals surface area contributed by atoms with Crippen LogP contribution in [0.2, 0.25) is 0 Å². The number of hydrogen-bond donors (Lipinski definition) is 2. The number of benzene rings is 1. The Morgan fingerprint density at radius 3 is 2.62 bits per heavy atom. The highest BCUT2D eigenvalue weighted by molar-refractivity contribution is 9.10. The summed E-state index contributed by atoms with van der Waals surface area (Å²) in [7, 11) is 0. The molecule has 0 unspecified atom stereocenters. The number of thiazole rings is 1. The molecule has 1 heterocycles. The predicted octanol–water partition coefficient (Wildman–Crippen LogP) is 4.07. The third-order valence-electron chi connectivity index (χ3n) is 2.55. The lowest BCUT2D eigenvalue weighted by Crippen LogP contribution is -2.13. The van der Waals surface area contributed by atoms with Crippen molar-refractivity contribution in [2.24, 2.45) is 0 Å². The Kier molecular flexibility index (Phi) is 4.24. The first-order valence-corrected chi connectivity index (χ1v) is 7.20. The highest BCUT2D eigenvalue weighted by Crippen LogP contribution is 2.36. The van der Waals surface area contributed by atoms with Crippen molar-refractivity contribution in [2.45, 2.75) is 13.1 Å². The number of nitrogen functional groups attached to an aromatic ring is 1. The molecule has 4 nitrogen and oxygen atoms in total. The van der Waals surface area contributed by atoms with Crippen molar-refractivity contribution in [3.8, 4) is 0 Å². The van der Waals surface area contributed by atoms with E-state index in [1.165, 1.54) is 12.1 Å². The van der Waals surface area contributed by atoms with Gasteiger partial charge in [0.05, 0.1) is 11.3 Å². The average Bonchev–Trinajstić information content (AvgIpc) is 2.69. The number of hydrogen-bond acceptors (Lipinski definition) is 4. The van der Waals surface area contributed by atoms with Gasteiger partial charge >= 0.3 is 6.18 Å². The SMILES string of the molecule is Cc1nc(N)sc1C(=O)Nc1ccc(Br)c(C(F)(F)F)c1. The summed E-state index contributed by atoms with van der Waals surface area (Å²) in [6.07, 6.45) is -4.51. The molecule has 3 N–H and O–H groups in total. The number of rotatable bonds is 2. The van der Waals surface area contributed by atoms with Gasteiger partial charge in [-0.2, -0.15) is 13.2 Å². The lowest BCUT2D eigenvalue weighted by Gasteiger charge is -2.11. The van der Waals surface area contributed by atoms with E-state index in [4.69, 9.17) is 5.73 Å². The van der Waals surface area contributed by atoms with Crippen molar-refractivity contribution in [3.05, 3.63) is 38.8 Å². The molecule has 0 saturated heterocycles. The van der Waals surface area contributed by atoms with Crippen LogP contribution in [0, 0.1) is 6.92 Å². The van der Waals surface area contributed by atoms with Crippen molar-refractivity contribution in [3.63, 3.8) is 0 Å². The number of anilines is 2.